The number of unbranched alkanes of at least 4 members (excludes halogenated alkanes) is 4. The van der Waals surface area contributed by atoms with Crippen LogP contribution in [0.3, 0.4) is 0 Å². The van der Waals surface area contributed by atoms with Crippen molar-refractivity contribution in [2.75, 3.05) is 6.61 Å². The van der Waals surface area contributed by atoms with Crippen molar-refractivity contribution in [2.24, 2.45) is 11.8 Å². The number of carbonyl (C=O) groups is 5. The molecule has 1 amide bonds. The molecule has 5 N–H and O–H groups in total. The maximum atomic E-state index is 13.3. The molecule has 11 nitrogen and oxygen atoms in total. The Kier molecular flexibility index (Phi) is 17.1. The number of benzene rings is 2. The number of amides is 1. The molecule has 0 spiro atoms. The van der Waals surface area contributed by atoms with Gasteiger partial charge < -0.3 is 30.5 Å². The van der Waals surface area contributed by atoms with Crippen molar-refractivity contribution in [3.8, 4) is 5.75 Å². The first kappa shape index (κ1) is 39.7. The van der Waals surface area contributed by atoms with Gasteiger partial charge in [-0.05, 0) is 61.3 Å². The van der Waals surface area contributed by atoms with E-state index >= 15 is 0 Å². The summed E-state index contributed by atoms with van der Waals surface area (Å²) in [5.74, 6) is -6.70. The van der Waals surface area contributed by atoms with Gasteiger partial charge in [0.1, 0.15) is 17.6 Å². The molecule has 0 aliphatic heterocycles. The number of ketones is 1. The molecule has 0 aromatic heterocycles. The molecule has 0 fully saturated rings. The Bertz CT molecular complexity index is 1360. The molecule has 0 heterocycles. The molecule has 0 unspecified atom stereocenters. The van der Waals surface area contributed by atoms with Crippen LogP contribution in [0, 0.1) is 11.8 Å². The van der Waals surface area contributed by atoms with Gasteiger partial charge in [-0.3, -0.25) is 14.4 Å². The van der Waals surface area contributed by atoms with Gasteiger partial charge in [-0.2, -0.15) is 0 Å². The Hall–Kier alpha value is -4.51. The van der Waals surface area contributed by atoms with E-state index in [0.29, 0.717) is 55.9 Å². The average molecular weight is 668 g/mol. The Morgan fingerprint density at radius 3 is 2.12 bits per heavy atom. The Balaban J connectivity index is 1.98. The Morgan fingerprint density at radius 1 is 0.854 bits per heavy atom. The number of hydrogen-bond donors (Lipinski definition) is 5. The van der Waals surface area contributed by atoms with Gasteiger partial charge in [0.25, 0.3) is 0 Å². The van der Waals surface area contributed by atoms with Crippen LogP contribution in [0.1, 0.15) is 82.8 Å². The van der Waals surface area contributed by atoms with Crippen molar-refractivity contribution < 1.29 is 49.1 Å². The molecule has 0 bridgehead atoms. The minimum Gasteiger partial charge on any atom is -0.494 e. The maximum absolute atomic E-state index is 13.3. The zero-order chi connectivity index (χ0) is 35.5. The lowest BCUT2D eigenvalue weighted by atomic mass is 9.82. The van der Waals surface area contributed by atoms with E-state index in [1.807, 2.05) is 30.3 Å². The number of aliphatic hydroxyl groups is 1. The van der Waals surface area contributed by atoms with Gasteiger partial charge in [0.2, 0.25) is 5.91 Å². The largest absolute Gasteiger partial charge is 0.494 e. The number of rotatable bonds is 24. The van der Waals surface area contributed by atoms with Gasteiger partial charge in [-0.15, -0.1) is 0 Å². The number of carbonyl (C=O) groups excluding carboxylic acids is 2. The highest BCUT2D eigenvalue weighted by Gasteiger charge is 2.49. The minimum atomic E-state index is -3.02. The van der Waals surface area contributed by atoms with Crippen LogP contribution in [0.15, 0.2) is 66.7 Å². The number of hydrogen-bond acceptors (Lipinski definition) is 7. The molecule has 0 aliphatic carbocycles. The standard InChI is InChI=1S/C37H49NO10/c1-26(2)22-23-48-30-20-17-28(18-21-30)24-32(35(43)44)38-34(42)31(37(47,36(45)46)25-33(40)41)15-11-6-4-3-5-10-14-29(39)19-16-27-12-8-7-9-13-27/h7-9,11-13,15,17-18,20-21,26,31-32,47H,3-6,10,14,16,19,22-25H2,1-2H3,(H,38,42)(H,40,41)(H,43,44)(H,45,46)/b15-11+/t31-,32-,37-/m0/s1. The van der Waals surface area contributed by atoms with Crippen LogP contribution in [0.25, 0.3) is 0 Å². The van der Waals surface area contributed by atoms with E-state index in [1.165, 1.54) is 6.08 Å². The minimum absolute atomic E-state index is 0.150. The molecule has 0 saturated carbocycles. The molecule has 2 rings (SSSR count). The number of ether oxygens (including phenoxy) is 1. The van der Waals surface area contributed by atoms with Crippen LogP contribution in [0.4, 0.5) is 0 Å². The van der Waals surface area contributed by atoms with E-state index in [2.05, 4.69) is 19.2 Å². The van der Waals surface area contributed by atoms with E-state index in [1.54, 1.807) is 24.3 Å². The number of carboxylic acids is 3. The first-order valence-electron chi connectivity index (χ1n) is 16.5. The van der Waals surface area contributed by atoms with Crippen LogP contribution >= 0.6 is 0 Å². The number of aryl methyl sites for hydroxylation is 1. The van der Waals surface area contributed by atoms with Crippen LogP contribution in [0.2, 0.25) is 0 Å². The number of nitrogens with one attached hydrogen (secondary N) is 1. The van der Waals surface area contributed by atoms with Crippen LogP contribution < -0.4 is 10.1 Å². The molecule has 2 aromatic rings. The fourth-order valence-electron chi connectivity index (χ4n) is 5.07. The van der Waals surface area contributed by atoms with Gasteiger partial charge in [-0.25, -0.2) is 9.59 Å². The number of Topliss-reactive ketones (excluding diaryl/α,β-unsaturated/α-hetero) is 1. The second-order valence-electron chi connectivity index (χ2n) is 12.5. The maximum Gasteiger partial charge on any atom is 0.337 e. The highest BCUT2D eigenvalue weighted by Crippen LogP contribution is 2.26. The predicted molar refractivity (Wildman–Crippen MR) is 180 cm³/mol. The van der Waals surface area contributed by atoms with Crippen molar-refractivity contribution in [2.45, 2.75) is 96.1 Å². The number of aliphatic carboxylic acids is 3. The zero-order valence-corrected chi connectivity index (χ0v) is 27.8. The topological polar surface area (TPSA) is 188 Å². The van der Waals surface area contributed by atoms with Crippen molar-refractivity contribution in [3.05, 3.63) is 77.9 Å². The number of allylic oxidation sites excluding steroid dienone is 1. The summed E-state index contributed by atoms with van der Waals surface area (Å²) >= 11 is 0. The molecule has 0 saturated heterocycles. The van der Waals surface area contributed by atoms with Crippen molar-refractivity contribution >= 4 is 29.6 Å². The molecule has 3 atom stereocenters. The van der Waals surface area contributed by atoms with E-state index in [9.17, 15) is 44.4 Å². The normalized spacial score (nSPS) is 13.8. The summed E-state index contributed by atoms with van der Waals surface area (Å²) in [5, 5.41) is 42.1. The van der Waals surface area contributed by atoms with Gasteiger partial charge in [0.15, 0.2) is 5.60 Å². The second-order valence-corrected chi connectivity index (χ2v) is 12.5. The summed E-state index contributed by atoms with van der Waals surface area (Å²) < 4.78 is 5.68. The van der Waals surface area contributed by atoms with Crippen molar-refractivity contribution in [1.29, 1.82) is 0 Å². The molecule has 48 heavy (non-hydrogen) atoms. The summed E-state index contributed by atoms with van der Waals surface area (Å²) in [7, 11) is 0. The molecule has 0 radical (unpaired) electrons. The third-order valence-electron chi connectivity index (χ3n) is 7.97. The van der Waals surface area contributed by atoms with Crippen LogP contribution in [0.5, 0.6) is 5.75 Å². The average Bonchev–Trinajstić information content (AvgIpc) is 3.03. The van der Waals surface area contributed by atoms with E-state index in [-0.39, 0.29) is 12.2 Å². The summed E-state index contributed by atoms with van der Waals surface area (Å²) in [4.78, 5) is 61.1. The molecule has 262 valence electrons. The number of carboxylic acid groups (broad SMARTS) is 3. The van der Waals surface area contributed by atoms with Gasteiger partial charge in [0, 0.05) is 19.3 Å². The van der Waals surface area contributed by atoms with E-state index < -0.39 is 47.8 Å². The molecule has 0 aliphatic rings. The summed E-state index contributed by atoms with van der Waals surface area (Å²) in [6, 6.07) is 15.0. The SMILES string of the molecule is CC(C)CCOc1ccc(C[C@H](NC(=O)[C@H](/C=C/CCCCCCC(=O)CCc2ccccc2)[C@@](O)(CC(=O)O)C(=O)O)C(=O)O)cc1. The molecular formula is C37H49NO10. The van der Waals surface area contributed by atoms with Gasteiger partial charge >= 0.3 is 17.9 Å². The summed E-state index contributed by atoms with van der Waals surface area (Å²) in [5.41, 5.74) is -1.35. The first-order chi connectivity index (χ1) is 22.8. The monoisotopic (exact) mass is 667 g/mol. The van der Waals surface area contributed by atoms with E-state index in [4.69, 9.17) is 4.74 Å². The fourth-order valence-corrected chi connectivity index (χ4v) is 5.07. The fraction of sp³-hybridized carbons (Fsp3) is 0.486. The second kappa shape index (κ2) is 20.7. The lowest BCUT2D eigenvalue weighted by molar-refractivity contribution is -0.172. The Labute approximate surface area is 282 Å². The lowest BCUT2D eigenvalue weighted by Gasteiger charge is -2.29. The zero-order valence-electron chi connectivity index (χ0n) is 27.8. The third kappa shape index (κ3) is 14.5. The highest BCUT2D eigenvalue weighted by atomic mass is 16.5. The third-order valence-corrected chi connectivity index (χ3v) is 7.97. The van der Waals surface area contributed by atoms with Crippen LogP contribution in [-0.2, 0) is 36.8 Å². The van der Waals surface area contributed by atoms with Gasteiger partial charge in [0.05, 0.1) is 18.9 Å². The first-order valence-corrected chi connectivity index (χ1v) is 16.5. The highest BCUT2D eigenvalue weighted by molar-refractivity contribution is 5.94. The molecule has 2 aromatic carbocycles. The van der Waals surface area contributed by atoms with Crippen molar-refractivity contribution in [1.82, 2.24) is 5.32 Å². The smallest absolute Gasteiger partial charge is 0.337 e. The van der Waals surface area contributed by atoms with Gasteiger partial charge in [-0.1, -0.05) is 81.3 Å². The molecular weight excluding hydrogens is 618 g/mol. The lowest BCUT2D eigenvalue weighted by Crippen LogP contribution is -2.55. The summed E-state index contributed by atoms with van der Waals surface area (Å²) in [6.07, 6.45) is 7.03. The Morgan fingerprint density at radius 2 is 1.52 bits per heavy atom. The van der Waals surface area contributed by atoms with Crippen LogP contribution in [-0.4, -0.2) is 68.3 Å². The van der Waals surface area contributed by atoms with E-state index in [0.717, 1.165) is 37.3 Å². The molecule has 11 heteroatoms. The predicted octanol–water partition coefficient (Wildman–Crippen LogP) is 5.23. The quantitative estimate of drug-likeness (QED) is 0.0733. The van der Waals surface area contributed by atoms with Crippen molar-refractivity contribution in [3.63, 3.8) is 0 Å². The summed E-state index contributed by atoms with van der Waals surface area (Å²) in [6.45, 7) is 4.68.